The van der Waals surface area contributed by atoms with E-state index in [-0.39, 0.29) is 6.04 Å². The summed E-state index contributed by atoms with van der Waals surface area (Å²) < 4.78 is 0. The monoisotopic (exact) mass is 259 g/mol. The van der Waals surface area contributed by atoms with E-state index in [1.807, 2.05) is 24.3 Å². The van der Waals surface area contributed by atoms with Crippen molar-refractivity contribution in [1.82, 2.24) is 0 Å². The lowest BCUT2D eigenvalue weighted by molar-refractivity contribution is 0.651. The van der Waals surface area contributed by atoms with Crippen molar-refractivity contribution in [2.24, 2.45) is 5.73 Å². The minimum Gasteiger partial charge on any atom is -0.324 e. The standard InChI is InChI=1S/C16H18ClN/c1-12-3-2-4-13(11-12)5-10-16(18)14-6-8-15(17)9-7-14/h2-4,6-9,11,16H,5,10,18H2,1H3. The molecule has 1 unspecified atom stereocenters. The Hall–Kier alpha value is -1.31. The minimum atomic E-state index is 0.0720. The van der Waals surface area contributed by atoms with E-state index in [1.54, 1.807) is 0 Å². The third-order valence-corrected chi connectivity index (χ3v) is 3.38. The molecule has 2 aromatic rings. The van der Waals surface area contributed by atoms with Crippen molar-refractivity contribution in [3.8, 4) is 0 Å². The third-order valence-electron chi connectivity index (χ3n) is 3.12. The fourth-order valence-corrected chi connectivity index (χ4v) is 2.19. The highest BCUT2D eigenvalue weighted by atomic mass is 35.5. The van der Waals surface area contributed by atoms with Gasteiger partial charge in [-0.1, -0.05) is 53.6 Å². The van der Waals surface area contributed by atoms with Gasteiger partial charge in [-0.25, -0.2) is 0 Å². The molecule has 2 rings (SSSR count). The Morgan fingerprint density at radius 1 is 1.11 bits per heavy atom. The SMILES string of the molecule is Cc1cccc(CCC(N)c2ccc(Cl)cc2)c1. The molecule has 2 aromatic carbocycles. The predicted octanol–water partition coefficient (Wildman–Crippen LogP) is 4.28. The zero-order valence-corrected chi connectivity index (χ0v) is 11.3. The summed E-state index contributed by atoms with van der Waals surface area (Å²) in [5.74, 6) is 0. The molecular weight excluding hydrogens is 242 g/mol. The topological polar surface area (TPSA) is 26.0 Å². The summed E-state index contributed by atoms with van der Waals surface area (Å²) in [5, 5.41) is 0.754. The van der Waals surface area contributed by atoms with Crippen LogP contribution in [-0.4, -0.2) is 0 Å². The maximum absolute atomic E-state index is 6.19. The lowest BCUT2D eigenvalue weighted by Crippen LogP contribution is -2.11. The van der Waals surface area contributed by atoms with E-state index in [9.17, 15) is 0 Å². The van der Waals surface area contributed by atoms with E-state index in [0.717, 1.165) is 23.4 Å². The van der Waals surface area contributed by atoms with Crippen LogP contribution in [0.1, 0.15) is 29.2 Å². The second-order valence-electron chi connectivity index (χ2n) is 4.69. The molecule has 0 saturated carbocycles. The zero-order valence-electron chi connectivity index (χ0n) is 10.6. The summed E-state index contributed by atoms with van der Waals surface area (Å²) in [6, 6.07) is 16.4. The molecule has 0 aromatic heterocycles. The van der Waals surface area contributed by atoms with Crippen LogP contribution < -0.4 is 5.73 Å². The van der Waals surface area contributed by atoms with Gasteiger partial charge in [-0.05, 0) is 43.0 Å². The van der Waals surface area contributed by atoms with Gasteiger partial charge in [0.25, 0.3) is 0 Å². The Bertz CT molecular complexity index is 505. The molecular formula is C16H18ClN. The number of nitrogens with two attached hydrogens (primary N) is 1. The van der Waals surface area contributed by atoms with E-state index in [1.165, 1.54) is 11.1 Å². The lowest BCUT2D eigenvalue weighted by atomic mass is 9.99. The first-order valence-corrected chi connectivity index (χ1v) is 6.59. The molecule has 18 heavy (non-hydrogen) atoms. The maximum Gasteiger partial charge on any atom is 0.0406 e. The molecule has 2 heteroatoms. The highest BCUT2D eigenvalue weighted by molar-refractivity contribution is 6.30. The molecule has 0 aliphatic heterocycles. The Labute approximate surface area is 114 Å². The predicted molar refractivity (Wildman–Crippen MR) is 77.9 cm³/mol. The fourth-order valence-electron chi connectivity index (χ4n) is 2.07. The van der Waals surface area contributed by atoms with Crippen LogP contribution >= 0.6 is 11.6 Å². The zero-order chi connectivity index (χ0) is 13.0. The Kier molecular flexibility index (Phi) is 4.40. The highest BCUT2D eigenvalue weighted by Gasteiger charge is 2.06. The van der Waals surface area contributed by atoms with E-state index >= 15 is 0 Å². The molecule has 1 nitrogen and oxygen atoms in total. The van der Waals surface area contributed by atoms with Crippen molar-refractivity contribution < 1.29 is 0 Å². The molecule has 1 atom stereocenters. The first-order chi connectivity index (χ1) is 8.65. The normalized spacial score (nSPS) is 12.4. The molecule has 0 bridgehead atoms. The van der Waals surface area contributed by atoms with Gasteiger partial charge in [0, 0.05) is 11.1 Å². The first kappa shape index (κ1) is 13.1. The summed E-state index contributed by atoms with van der Waals surface area (Å²) >= 11 is 5.87. The first-order valence-electron chi connectivity index (χ1n) is 6.22. The summed E-state index contributed by atoms with van der Waals surface area (Å²) in [6.07, 6.45) is 1.95. The molecule has 0 heterocycles. The molecule has 94 valence electrons. The quantitative estimate of drug-likeness (QED) is 0.871. The van der Waals surface area contributed by atoms with Crippen LogP contribution in [0.3, 0.4) is 0 Å². The third kappa shape index (κ3) is 3.59. The van der Waals surface area contributed by atoms with Gasteiger partial charge in [0.05, 0.1) is 0 Å². The van der Waals surface area contributed by atoms with Crippen molar-refractivity contribution in [2.75, 3.05) is 0 Å². The van der Waals surface area contributed by atoms with E-state index < -0.39 is 0 Å². The maximum atomic E-state index is 6.19. The smallest absolute Gasteiger partial charge is 0.0406 e. The second kappa shape index (κ2) is 6.03. The lowest BCUT2D eigenvalue weighted by Gasteiger charge is -2.12. The van der Waals surface area contributed by atoms with Crippen molar-refractivity contribution in [3.63, 3.8) is 0 Å². The van der Waals surface area contributed by atoms with Gasteiger partial charge in [-0.2, -0.15) is 0 Å². The molecule has 0 radical (unpaired) electrons. The molecule has 0 amide bonds. The van der Waals surface area contributed by atoms with Crippen LogP contribution in [0.15, 0.2) is 48.5 Å². The molecule has 0 spiro atoms. The summed E-state index contributed by atoms with van der Waals surface area (Å²) in [6.45, 7) is 2.11. The number of aryl methyl sites for hydroxylation is 2. The van der Waals surface area contributed by atoms with E-state index in [0.29, 0.717) is 0 Å². The fraction of sp³-hybridized carbons (Fsp3) is 0.250. The van der Waals surface area contributed by atoms with Crippen molar-refractivity contribution in [2.45, 2.75) is 25.8 Å². The summed E-state index contributed by atoms with van der Waals surface area (Å²) in [4.78, 5) is 0. The summed E-state index contributed by atoms with van der Waals surface area (Å²) in [7, 11) is 0. The molecule has 0 fully saturated rings. The Morgan fingerprint density at radius 2 is 1.83 bits per heavy atom. The molecule has 0 aliphatic rings. The van der Waals surface area contributed by atoms with Gasteiger partial charge < -0.3 is 5.73 Å². The average molecular weight is 260 g/mol. The van der Waals surface area contributed by atoms with Crippen molar-refractivity contribution in [1.29, 1.82) is 0 Å². The van der Waals surface area contributed by atoms with Gasteiger partial charge in [0.2, 0.25) is 0 Å². The van der Waals surface area contributed by atoms with Gasteiger partial charge in [-0.15, -0.1) is 0 Å². The number of hydrogen-bond acceptors (Lipinski definition) is 1. The second-order valence-corrected chi connectivity index (χ2v) is 5.12. The molecule has 2 N–H and O–H groups in total. The summed E-state index contributed by atoms with van der Waals surface area (Å²) in [5.41, 5.74) is 9.98. The van der Waals surface area contributed by atoms with E-state index in [4.69, 9.17) is 17.3 Å². The van der Waals surface area contributed by atoms with Gasteiger partial charge in [0.1, 0.15) is 0 Å². The van der Waals surface area contributed by atoms with E-state index in [2.05, 4.69) is 31.2 Å². The van der Waals surface area contributed by atoms with Crippen LogP contribution in [0, 0.1) is 6.92 Å². The average Bonchev–Trinajstić information content (AvgIpc) is 2.37. The number of hydrogen-bond donors (Lipinski definition) is 1. The number of benzene rings is 2. The number of halogens is 1. The molecule has 0 saturated heterocycles. The van der Waals surface area contributed by atoms with Crippen molar-refractivity contribution >= 4 is 11.6 Å². The van der Waals surface area contributed by atoms with Crippen LogP contribution in [0.4, 0.5) is 0 Å². The van der Waals surface area contributed by atoms with Gasteiger partial charge in [0.15, 0.2) is 0 Å². The number of rotatable bonds is 4. The Morgan fingerprint density at radius 3 is 2.50 bits per heavy atom. The van der Waals surface area contributed by atoms with Gasteiger partial charge >= 0.3 is 0 Å². The largest absolute Gasteiger partial charge is 0.324 e. The van der Waals surface area contributed by atoms with Crippen LogP contribution in [0.25, 0.3) is 0 Å². The molecule has 0 aliphatic carbocycles. The minimum absolute atomic E-state index is 0.0720. The van der Waals surface area contributed by atoms with Crippen LogP contribution in [0.2, 0.25) is 5.02 Å². The van der Waals surface area contributed by atoms with Gasteiger partial charge in [-0.3, -0.25) is 0 Å². The van der Waals surface area contributed by atoms with Crippen LogP contribution in [-0.2, 0) is 6.42 Å². The highest BCUT2D eigenvalue weighted by Crippen LogP contribution is 2.19. The Balaban J connectivity index is 1.96. The van der Waals surface area contributed by atoms with Crippen LogP contribution in [0.5, 0.6) is 0 Å². The van der Waals surface area contributed by atoms with Crippen molar-refractivity contribution in [3.05, 3.63) is 70.2 Å².